The molecule has 1 aliphatic heterocycles. The number of ether oxygens (including phenoxy) is 2. The monoisotopic (exact) mass is 407 g/mol. The van der Waals surface area contributed by atoms with Crippen molar-refractivity contribution in [2.24, 2.45) is 0 Å². The first-order valence-electron chi connectivity index (χ1n) is 8.74. The molecule has 28 heavy (non-hydrogen) atoms. The quantitative estimate of drug-likeness (QED) is 0.403. The van der Waals surface area contributed by atoms with Crippen LogP contribution in [0.2, 0.25) is 5.02 Å². The third kappa shape index (κ3) is 3.13. The molecule has 0 saturated heterocycles. The molecular weight excluding hydrogens is 394 g/mol. The Morgan fingerprint density at radius 1 is 1.04 bits per heavy atom. The highest BCUT2D eigenvalue weighted by atomic mass is 35.5. The molecule has 0 N–H and O–H groups in total. The van der Waals surface area contributed by atoms with Crippen molar-refractivity contribution in [2.75, 3.05) is 6.79 Å². The molecule has 1 aliphatic rings. The van der Waals surface area contributed by atoms with E-state index in [1.54, 1.807) is 29.5 Å². The second kappa shape index (κ2) is 6.93. The lowest BCUT2D eigenvalue weighted by molar-refractivity contribution is 0.0992. The number of benzene rings is 3. The highest BCUT2D eigenvalue weighted by molar-refractivity contribution is 7.21. The number of halogens is 1. The predicted molar refractivity (Wildman–Crippen MR) is 111 cm³/mol. The van der Waals surface area contributed by atoms with E-state index in [4.69, 9.17) is 26.1 Å². The van der Waals surface area contributed by atoms with E-state index >= 15 is 0 Å². The number of carbonyl (C=O) groups is 1. The van der Waals surface area contributed by atoms with Crippen LogP contribution in [0.15, 0.2) is 60.7 Å². The molecule has 4 nitrogen and oxygen atoms in total. The highest BCUT2D eigenvalue weighted by Gasteiger charge is 2.18. The number of thiazole rings is 1. The highest BCUT2D eigenvalue weighted by Crippen LogP contribution is 2.34. The smallest absolute Gasteiger partial charge is 0.231 e. The molecule has 0 atom stereocenters. The van der Waals surface area contributed by atoms with Crippen molar-refractivity contribution in [1.29, 1.82) is 0 Å². The van der Waals surface area contributed by atoms with E-state index in [0.29, 0.717) is 22.1 Å². The van der Waals surface area contributed by atoms with Crippen LogP contribution in [0, 0.1) is 0 Å². The third-order valence-corrected chi connectivity index (χ3v) is 6.09. The van der Waals surface area contributed by atoms with Gasteiger partial charge in [0.25, 0.3) is 0 Å². The molecule has 0 aliphatic carbocycles. The second-order valence-corrected chi connectivity index (χ2v) is 7.90. The number of nitrogens with zero attached hydrogens (tertiary/aromatic N) is 1. The van der Waals surface area contributed by atoms with Crippen molar-refractivity contribution in [3.05, 3.63) is 76.8 Å². The van der Waals surface area contributed by atoms with Gasteiger partial charge in [-0.2, -0.15) is 0 Å². The summed E-state index contributed by atoms with van der Waals surface area (Å²) < 4.78 is 11.8. The van der Waals surface area contributed by atoms with Gasteiger partial charge in [0.05, 0.1) is 10.2 Å². The van der Waals surface area contributed by atoms with Crippen LogP contribution in [0.5, 0.6) is 11.5 Å². The number of hydrogen-bond acceptors (Lipinski definition) is 5. The van der Waals surface area contributed by atoms with Crippen LogP contribution in [0.1, 0.15) is 15.9 Å². The van der Waals surface area contributed by atoms with Gasteiger partial charge < -0.3 is 9.47 Å². The fourth-order valence-electron chi connectivity index (χ4n) is 3.18. The Hall–Kier alpha value is -2.89. The molecule has 6 heteroatoms. The SMILES string of the molecule is O=C(Cc1cc(-c2nc3ccccc3s2)ccc1Cl)c1ccc2c(c1)OCO2. The maximum absolute atomic E-state index is 12.8. The fraction of sp³-hybridized carbons (Fsp3) is 0.0909. The number of carbonyl (C=O) groups excluding carboxylic acids is 1. The summed E-state index contributed by atoms with van der Waals surface area (Å²) in [6.45, 7) is 0.184. The van der Waals surface area contributed by atoms with Gasteiger partial charge in [-0.05, 0) is 48.0 Å². The second-order valence-electron chi connectivity index (χ2n) is 6.46. The zero-order valence-electron chi connectivity index (χ0n) is 14.6. The normalized spacial score (nSPS) is 12.5. The summed E-state index contributed by atoms with van der Waals surface area (Å²) >= 11 is 8.00. The van der Waals surface area contributed by atoms with Crippen molar-refractivity contribution in [3.8, 4) is 22.1 Å². The number of ketones is 1. The number of para-hydroxylation sites is 1. The van der Waals surface area contributed by atoms with Crippen LogP contribution in [0.4, 0.5) is 0 Å². The molecule has 0 spiro atoms. The van der Waals surface area contributed by atoms with Crippen LogP contribution in [-0.2, 0) is 6.42 Å². The summed E-state index contributed by atoms with van der Waals surface area (Å²) in [6.07, 6.45) is 0.206. The maximum Gasteiger partial charge on any atom is 0.231 e. The number of rotatable bonds is 4. The molecule has 0 amide bonds. The fourth-order valence-corrected chi connectivity index (χ4v) is 4.33. The van der Waals surface area contributed by atoms with Gasteiger partial charge in [-0.3, -0.25) is 4.79 Å². The van der Waals surface area contributed by atoms with Crippen LogP contribution in [0.3, 0.4) is 0 Å². The molecule has 0 bridgehead atoms. The van der Waals surface area contributed by atoms with Crippen LogP contribution < -0.4 is 9.47 Å². The minimum Gasteiger partial charge on any atom is -0.454 e. The van der Waals surface area contributed by atoms with E-state index in [1.165, 1.54) is 0 Å². The lowest BCUT2D eigenvalue weighted by atomic mass is 10.0. The Morgan fingerprint density at radius 3 is 2.79 bits per heavy atom. The number of hydrogen-bond donors (Lipinski definition) is 0. The zero-order valence-corrected chi connectivity index (χ0v) is 16.2. The molecule has 2 heterocycles. The van der Waals surface area contributed by atoms with Crippen molar-refractivity contribution in [3.63, 3.8) is 0 Å². The molecule has 138 valence electrons. The number of fused-ring (bicyclic) bond motifs is 2. The summed E-state index contributed by atoms with van der Waals surface area (Å²) in [5, 5.41) is 1.48. The largest absolute Gasteiger partial charge is 0.454 e. The molecule has 0 unspecified atom stereocenters. The molecule has 0 saturated carbocycles. The number of aromatic nitrogens is 1. The van der Waals surface area contributed by atoms with Crippen LogP contribution in [-0.4, -0.2) is 17.6 Å². The van der Waals surface area contributed by atoms with Gasteiger partial charge >= 0.3 is 0 Å². The molecule has 5 rings (SSSR count). The lowest BCUT2D eigenvalue weighted by Gasteiger charge is -2.07. The Kier molecular flexibility index (Phi) is 4.26. The third-order valence-electron chi connectivity index (χ3n) is 4.63. The molecule has 4 aromatic rings. The minimum atomic E-state index is -0.0263. The van der Waals surface area contributed by atoms with Crippen molar-refractivity contribution < 1.29 is 14.3 Å². The summed E-state index contributed by atoms with van der Waals surface area (Å²) in [4.78, 5) is 17.5. The Labute approximate surface area is 170 Å². The average molecular weight is 408 g/mol. The first-order chi connectivity index (χ1) is 13.7. The Morgan fingerprint density at radius 2 is 1.89 bits per heavy atom. The molecule has 0 radical (unpaired) electrons. The van der Waals surface area contributed by atoms with Gasteiger partial charge in [0.1, 0.15) is 5.01 Å². The summed E-state index contributed by atoms with van der Waals surface area (Å²) in [5.41, 5.74) is 3.28. The Balaban J connectivity index is 1.45. The van der Waals surface area contributed by atoms with Gasteiger partial charge in [-0.1, -0.05) is 29.8 Å². The van der Waals surface area contributed by atoms with Crippen LogP contribution >= 0.6 is 22.9 Å². The van der Waals surface area contributed by atoms with Gasteiger partial charge in [0.15, 0.2) is 17.3 Å². The summed E-state index contributed by atoms with van der Waals surface area (Å²) in [5.74, 6) is 1.23. The first kappa shape index (κ1) is 17.2. The summed E-state index contributed by atoms with van der Waals surface area (Å²) in [6, 6.07) is 19.0. The van der Waals surface area contributed by atoms with E-state index in [1.807, 2.05) is 36.4 Å². The van der Waals surface area contributed by atoms with Crippen molar-refractivity contribution in [1.82, 2.24) is 4.98 Å². The van der Waals surface area contributed by atoms with Gasteiger partial charge in [0, 0.05) is 22.6 Å². The molecule has 3 aromatic carbocycles. The van der Waals surface area contributed by atoms with Crippen molar-refractivity contribution >= 4 is 38.9 Å². The predicted octanol–water partition coefficient (Wildman–Crippen LogP) is 5.77. The lowest BCUT2D eigenvalue weighted by Crippen LogP contribution is -2.04. The molecule has 0 fully saturated rings. The van der Waals surface area contributed by atoms with Gasteiger partial charge in [0.2, 0.25) is 6.79 Å². The van der Waals surface area contributed by atoms with Crippen LogP contribution in [0.25, 0.3) is 20.8 Å². The zero-order chi connectivity index (χ0) is 19.1. The van der Waals surface area contributed by atoms with E-state index < -0.39 is 0 Å². The van der Waals surface area contributed by atoms with E-state index in [0.717, 1.165) is 26.4 Å². The molecule has 1 aromatic heterocycles. The molecular formula is C22H14ClNO3S. The van der Waals surface area contributed by atoms with E-state index in [9.17, 15) is 4.79 Å². The van der Waals surface area contributed by atoms with Crippen molar-refractivity contribution in [2.45, 2.75) is 6.42 Å². The maximum atomic E-state index is 12.8. The van der Waals surface area contributed by atoms with Gasteiger partial charge in [-0.15, -0.1) is 11.3 Å². The number of Topliss-reactive ketones (excluding diaryl/α,β-unsaturated/α-hetero) is 1. The first-order valence-corrected chi connectivity index (χ1v) is 9.94. The summed E-state index contributed by atoms with van der Waals surface area (Å²) in [7, 11) is 0. The van der Waals surface area contributed by atoms with Gasteiger partial charge in [-0.25, -0.2) is 4.98 Å². The standard InChI is InChI=1S/C22H14ClNO3S/c23-16-7-5-14(22-24-17-3-1-2-4-21(17)28-22)9-15(16)10-18(25)13-6-8-19-20(11-13)27-12-26-19/h1-9,11H,10,12H2. The van der Waals surface area contributed by atoms with E-state index in [2.05, 4.69) is 6.07 Å². The van der Waals surface area contributed by atoms with E-state index in [-0.39, 0.29) is 19.0 Å². The minimum absolute atomic E-state index is 0.0263. The topological polar surface area (TPSA) is 48.4 Å². The Bertz CT molecular complexity index is 1180. The average Bonchev–Trinajstić information content (AvgIpc) is 3.35.